The molecule has 0 bridgehead atoms. The molecule has 5 heteroatoms. The highest BCUT2D eigenvalue weighted by Gasteiger charge is 2.18. The van der Waals surface area contributed by atoms with E-state index in [1.807, 2.05) is 12.1 Å². The number of ether oxygens (including phenoxy) is 1. The number of aromatic hydroxyl groups is 1. The van der Waals surface area contributed by atoms with Gasteiger partial charge in [0.05, 0.1) is 12.2 Å². The average Bonchev–Trinajstić information content (AvgIpc) is 2.96. The Bertz CT molecular complexity index is 1710. The van der Waals surface area contributed by atoms with Gasteiger partial charge in [0.1, 0.15) is 5.75 Å². The van der Waals surface area contributed by atoms with Gasteiger partial charge in [0.15, 0.2) is 11.6 Å². The standard InChI is InChI=1S/C33H31N3O2/c1-3-5-9-21(4-2)20-38-33-35-31(34-32(36-33)27-12-6-7-13-28(27)37)26-19-17-24-15-14-22-10-8-11-23-16-18-25(26)30(24)29(22)23/h6-8,10-19,21,37H,3-5,9,20H2,1-2H3. The molecule has 0 amide bonds. The molecule has 5 nitrogen and oxygen atoms in total. The van der Waals surface area contributed by atoms with Crippen LogP contribution in [0.25, 0.3) is 55.1 Å². The number of benzene rings is 5. The van der Waals surface area contributed by atoms with Gasteiger partial charge in [-0.05, 0) is 62.9 Å². The molecule has 190 valence electrons. The fourth-order valence-electron chi connectivity index (χ4n) is 5.35. The number of nitrogens with zero attached hydrogens (tertiary/aromatic N) is 3. The molecule has 1 atom stereocenters. The molecule has 0 spiro atoms. The van der Waals surface area contributed by atoms with Crippen molar-refractivity contribution in [1.82, 2.24) is 15.0 Å². The summed E-state index contributed by atoms with van der Waals surface area (Å²) in [5.74, 6) is 1.50. The number of hydrogen-bond acceptors (Lipinski definition) is 5. The number of para-hydroxylation sites is 1. The van der Waals surface area contributed by atoms with E-state index in [0.29, 0.717) is 29.7 Å². The van der Waals surface area contributed by atoms with Crippen molar-refractivity contribution >= 4 is 32.3 Å². The van der Waals surface area contributed by atoms with Gasteiger partial charge in [0.2, 0.25) is 0 Å². The Kier molecular flexibility index (Phi) is 6.50. The van der Waals surface area contributed by atoms with Crippen LogP contribution >= 0.6 is 0 Å². The van der Waals surface area contributed by atoms with Crippen molar-refractivity contribution in [3.63, 3.8) is 0 Å². The van der Waals surface area contributed by atoms with E-state index in [1.165, 1.54) is 39.8 Å². The minimum absolute atomic E-state index is 0.125. The summed E-state index contributed by atoms with van der Waals surface area (Å²) in [7, 11) is 0. The smallest absolute Gasteiger partial charge is 0.320 e. The van der Waals surface area contributed by atoms with E-state index in [2.05, 4.69) is 73.4 Å². The summed E-state index contributed by atoms with van der Waals surface area (Å²) in [5.41, 5.74) is 1.47. The second-order valence-corrected chi connectivity index (χ2v) is 9.98. The van der Waals surface area contributed by atoms with Gasteiger partial charge in [-0.15, -0.1) is 0 Å². The lowest BCUT2D eigenvalue weighted by atomic mass is 9.92. The minimum atomic E-state index is 0.125. The topological polar surface area (TPSA) is 68.1 Å². The summed E-state index contributed by atoms with van der Waals surface area (Å²) in [4.78, 5) is 14.3. The van der Waals surface area contributed by atoms with Crippen LogP contribution < -0.4 is 4.74 Å². The van der Waals surface area contributed by atoms with Crippen molar-refractivity contribution in [2.45, 2.75) is 39.5 Å². The first-order valence-corrected chi connectivity index (χ1v) is 13.5. The zero-order chi connectivity index (χ0) is 26.1. The van der Waals surface area contributed by atoms with Crippen LogP contribution in [-0.2, 0) is 0 Å². The maximum Gasteiger partial charge on any atom is 0.320 e. The summed E-state index contributed by atoms with van der Waals surface area (Å²) < 4.78 is 6.20. The molecule has 38 heavy (non-hydrogen) atoms. The Morgan fingerprint density at radius 1 is 0.711 bits per heavy atom. The highest BCUT2D eigenvalue weighted by Crippen LogP contribution is 2.39. The molecule has 0 fully saturated rings. The Hall–Kier alpha value is -4.25. The molecule has 6 rings (SSSR count). The van der Waals surface area contributed by atoms with Crippen LogP contribution in [0, 0.1) is 5.92 Å². The van der Waals surface area contributed by atoms with Crippen molar-refractivity contribution in [2.75, 3.05) is 6.61 Å². The van der Waals surface area contributed by atoms with Crippen LogP contribution in [0.1, 0.15) is 39.5 Å². The van der Waals surface area contributed by atoms with Crippen molar-refractivity contribution in [2.24, 2.45) is 5.92 Å². The van der Waals surface area contributed by atoms with Gasteiger partial charge in [-0.3, -0.25) is 0 Å². The monoisotopic (exact) mass is 501 g/mol. The van der Waals surface area contributed by atoms with Crippen LogP contribution in [0.4, 0.5) is 0 Å². The molecule has 6 aromatic rings. The third-order valence-electron chi connectivity index (χ3n) is 7.52. The third kappa shape index (κ3) is 4.38. The van der Waals surface area contributed by atoms with Crippen molar-refractivity contribution in [3.05, 3.63) is 78.9 Å². The predicted octanol–water partition coefficient (Wildman–Crippen LogP) is 8.40. The molecule has 1 N–H and O–H groups in total. The van der Waals surface area contributed by atoms with Gasteiger partial charge in [-0.2, -0.15) is 9.97 Å². The van der Waals surface area contributed by atoms with E-state index in [1.54, 1.807) is 12.1 Å². The minimum Gasteiger partial charge on any atom is -0.507 e. The van der Waals surface area contributed by atoms with E-state index in [-0.39, 0.29) is 11.8 Å². The van der Waals surface area contributed by atoms with E-state index in [4.69, 9.17) is 14.7 Å². The van der Waals surface area contributed by atoms with E-state index in [9.17, 15) is 5.11 Å². The highest BCUT2D eigenvalue weighted by atomic mass is 16.5. The number of unbranched alkanes of at least 4 members (excludes halogenated alkanes) is 1. The van der Waals surface area contributed by atoms with E-state index >= 15 is 0 Å². The zero-order valence-corrected chi connectivity index (χ0v) is 21.8. The van der Waals surface area contributed by atoms with E-state index in [0.717, 1.165) is 23.8 Å². The highest BCUT2D eigenvalue weighted by molar-refractivity contribution is 6.25. The molecular weight excluding hydrogens is 470 g/mol. The number of rotatable bonds is 9. The largest absolute Gasteiger partial charge is 0.507 e. The first-order valence-electron chi connectivity index (χ1n) is 13.5. The molecule has 1 heterocycles. The Balaban J connectivity index is 1.51. The van der Waals surface area contributed by atoms with Crippen LogP contribution in [0.2, 0.25) is 0 Å². The lowest BCUT2D eigenvalue weighted by molar-refractivity contribution is 0.217. The van der Waals surface area contributed by atoms with Crippen LogP contribution in [0.5, 0.6) is 11.8 Å². The predicted molar refractivity (Wildman–Crippen MR) is 155 cm³/mol. The Morgan fingerprint density at radius 3 is 2.13 bits per heavy atom. The average molecular weight is 502 g/mol. The lowest BCUT2D eigenvalue weighted by Gasteiger charge is -2.16. The quantitative estimate of drug-likeness (QED) is 0.201. The molecule has 0 saturated carbocycles. The molecule has 0 aliphatic heterocycles. The third-order valence-corrected chi connectivity index (χ3v) is 7.52. The molecule has 0 radical (unpaired) electrons. The Morgan fingerprint density at radius 2 is 1.39 bits per heavy atom. The van der Waals surface area contributed by atoms with Gasteiger partial charge in [-0.1, -0.05) is 93.8 Å². The van der Waals surface area contributed by atoms with Gasteiger partial charge >= 0.3 is 6.01 Å². The molecule has 0 aliphatic carbocycles. The van der Waals surface area contributed by atoms with Crippen molar-refractivity contribution in [3.8, 4) is 34.5 Å². The molecular formula is C33H31N3O2. The second kappa shape index (κ2) is 10.3. The van der Waals surface area contributed by atoms with Gasteiger partial charge in [0.25, 0.3) is 0 Å². The number of phenolic OH excluding ortho intramolecular Hbond substituents is 1. The zero-order valence-electron chi connectivity index (χ0n) is 21.8. The number of phenols is 1. The summed E-state index contributed by atoms with van der Waals surface area (Å²) >= 11 is 0. The summed E-state index contributed by atoms with van der Waals surface area (Å²) in [6, 6.07) is 26.7. The maximum atomic E-state index is 10.6. The fourth-order valence-corrected chi connectivity index (χ4v) is 5.35. The first kappa shape index (κ1) is 24.1. The Labute approximate surface area is 222 Å². The molecule has 0 saturated heterocycles. The van der Waals surface area contributed by atoms with E-state index < -0.39 is 0 Å². The molecule has 0 aliphatic rings. The molecule has 1 unspecified atom stereocenters. The van der Waals surface area contributed by atoms with Crippen LogP contribution in [-0.4, -0.2) is 26.7 Å². The van der Waals surface area contributed by atoms with Gasteiger partial charge < -0.3 is 9.84 Å². The summed E-state index contributed by atoms with van der Waals surface area (Å²) in [6.45, 7) is 4.96. The van der Waals surface area contributed by atoms with Gasteiger partial charge in [0, 0.05) is 5.56 Å². The number of hydrogen-bond donors (Lipinski definition) is 1. The second-order valence-electron chi connectivity index (χ2n) is 9.98. The molecule has 5 aromatic carbocycles. The fraction of sp³-hybridized carbons (Fsp3) is 0.242. The van der Waals surface area contributed by atoms with Crippen LogP contribution in [0.3, 0.4) is 0 Å². The lowest BCUT2D eigenvalue weighted by Crippen LogP contribution is -2.13. The number of aromatic nitrogens is 3. The normalized spacial score (nSPS) is 12.5. The summed E-state index contributed by atoms with van der Waals surface area (Å²) in [5, 5.41) is 17.7. The first-order chi connectivity index (χ1) is 18.7. The summed E-state index contributed by atoms with van der Waals surface area (Å²) in [6.07, 6.45) is 4.50. The maximum absolute atomic E-state index is 10.6. The van der Waals surface area contributed by atoms with Crippen molar-refractivity contribution < 1.29 is 9.84 Å². The van der Waals surface area contributed by atoms with Gasteiger partial charge in [-0.25, -0.2) is 4.98 Å². The van der Waals surface area contributed by atoms with Crippen molar-refractivity contribution in [1.29, 1.82) is 0 Å². The molecule has 1 aromatic heterocycles. The SMILES string of the molecule is CCCCC(CC)COc1nc(-c2ccccc2O)nc(-c2ccc3ccc4cccc5ccc2c3c45)n1. The van der Waals surface area contributed by atoms with Crippen LogP contribution in [0.15, 0.2) is 78.9 Å².